The number of halogens is 1. The van der Waals surface area contributed by atoms with Crippen LogP contribution in [0.5, 0.6) is 0 Å². The summed E-state index contributed by atoms with van der Waals surface area (Å²) in [5.41, 5.74) is 2.96. The molecule has 0 radical (unpaired) electrons. The van der Waals surface area contributed by atoms with Crippen molar-refractivity contribution in [2.24, 2.45) is 0 Å². The van der Waals surface area contributed by atoms with Gasteiger partial charge in [-0.05, 0) is 56.1 Å². The number of nitrogens with one attached hydrogen (secondary N) is 1. The number of rotatable bonds is 3. The quantitative estimate of drug-likeness (QED) is 0.764. The molecular formula is C16H16FNOS. The molecule has 0 aliphatic carbocycles. The van der Waals surface area contributed by atoms with Crippen LogP contribution in [0.15, 0.2) is 34.1 Å². The van der Waals surface area contributed by atoms with Crippen molar-refractivity contribution in [3.05, 3.63) is 57.2 Å². The van der Waals surface area contributed by atoms with Gasteiger partial charge in [0, 0.05) is 15.8 Å². The Morgan fingerprint density at radius 2 is 2.05 bits per heavy atom. The zero-order valence-corrected chi connectivity index (χ0v) is 12.5. The molecule has 1 unspecified atom stereocenters. The minimum Gasteiger partial charge on any atom is -0.459 e. The average Bonchev–Trinajstić information content (AvgIpc) is 2.98. The Balaban J connectivity index is 2.18. The Bertz CT molecular complexity index is 759. The van der Waals surface area contributed by atoms with Crippen molar-refractivity contribution in [1.29, 1.82) is 0 Å². The van der Waals surface area contributed by atoms with E-state index in [9.17, 15) is 4.39 Å². The maximum absolute atomic E-state index is 13.4. The van der Waals surface area contributed by atoms with E-state index in [0.29, 0.717) is 0 Å². The molecular weight excluding hydrogens is 273 g/mol. The molecule has 0 aliphatic heterocycles. The summed E-state index contributed by atoms with van der Waals surface area (Å²) in [6, 6.07) is 6.76. The molecule has 0 aliphatic rings. The van der Waals surface area contributed by atoms with E-state index in [0.717, 1.165) is 22.3 Å². The standard InChI is InChI=1S/C16H16FNOS/c1-9-6-7-20-16(9)14(18-3)15-10(2)12-8-11(17)4-5-13(12)19-15/h4-8,14,18H,1-3H3. The van der Waals surface area contributed by atoms with Crippen LogP contribution < -0.4 is 5.32 Å². The predicted molar refractivity (Wildman–Crippen MR) is 80.9 cm³/mol. The summed E-state index contributed by atoms with van der Waals surface area (Å²) >= 11 is 1.70. The van der Waals surface area contributed by atoms with Gasteiger partial charge in [-0.25, -0.2) is 4.39 Å². The number of hydrogen-bond donors (Lipinski definition) is 1. The molecule has 104 valence electrons. The van der Waals surface area contributed by atoms with Crippen LogP contribution in [0.4, 0.5) is 4.39 Å². The Kier molecular flexibility index (Phi) is 3.36. The fourth-order valence-corrected chi connectivity index (χ4v) is 3.58. The van der Waals surface area contributed by atoms with E-state index in [-0.39, 0.29) is 11.9 Å². The van der Waals surface area contributed by atoms with Crippen molar-refractivity contribution < 1.29 is 8.81 Å². The summed E-state index contributed by atoms with van der Waals surface area (Å²) in [5, 5.41) is 6.22. The lowest BCUT2D eigenvalue weighted by atomic mass is 10.0. The average molecular weight is 289 g/mol. The number of hydrogen-bond acceptors (Lipinski definition) is 3. The largest absolute Gasteiger partial charge is 0.459 e. The lowest BCUT2D eigenvalue weighted by Gasteiger charge is -2.14. The second kappa shape index (κ2) is 5.04. The highest BCUT2D eigenvalue weighted by Gasteiger charge is 2.23. The van der Waals surface area contributed by atoms with Crippen molar-refractivity contribution in [2.75, 3.05) is 7.05 Å². The summed E-state index contributed by atoms with van der Waals surface area (Å²) in [4.78, 5) is 1.23. The highest BCUT2D eigenvalue weighted by atomic mass is 32.1. The number of aryl methyl sites for hydroxylation is 2. The third kappa shape index (κ3) is 2.05. The summed E-state index contributed by atoms with van der Waals surface area (Å²) in [5.74, 6) is 0.625. The van der Waals surface area contributed by atoms with Crippen LogP contribution in [0.2, 0.25) is 0 Å². The number of fused-ring (bicyclic) bond motifs is 1. The number of thiophene rings is 1. The van der Waals surface area contributed by atoms with E-state index >= 15 is 0 Å². The molecule has 20 heavy (non-hydrogen) atoms. The second-order valence-electron chi connectivity index (χ2n) is 4.92. The molecule has 2 aromatic heterocycles. The molecule has 0 amide bonds. The van der Waals surface area contributed by atoms with Gasteiger partial charge in [-0.15, -0.1) is 11.3 Å². The Labute approximate surface area is 121 Å². The van der Waals surface area contributed by atoms with Gasteiger partial charge in [0.05, 0.1) is 0 Å². The van der Waals surface area contributed by atoms with Gasteiger partial charge in [0.1, 0.15) is 23.2 Å². The van der Waals surface area contributed by atoms with Crippen molar-refractivity contribution in [3.8, 4) is 0 Å². The summed E-state index contributed by atoms with van der Waals surface area (Å²) in [6.07, 6.45) is 0. The minimum atomic E-state index is -0.235. The van der Waals surface area contributed by atoms with Gasteiger partial charge in [0.25, 0.3) is 0 Å². The van der Waals surface area contributed by atoms with Crippen molar-refractivity contribution in [2.45, 2.75) is 19.9 Å². The predicted octanol–water partition coefficient (Wildman–Crippen LogP) is 4.56. The molecule has 4 heteroatoms. The zero-order valence-electron chi connectivity index (χ0n) is 11.7. The molecule has 2 heterocycles. The van der Waals surface area contributed by atoms with E-state index in [1.54, 1.807) is 17.4 Å². The van der Waals surface area contributed by atoms with Gasteiger partial charge in [0.15, 0.2) is 0 Å². The molecule has 1 aromatic carbocycles. The highest BCUT2D eigenvalue weighted by Crippen LogP contribution is 2.35. The molecule has 0 fully saturated rings. The first-order valence-electron chi connectivity index (χ1n) is 6.51. The smallest absolute Gasteiger partial charge is 0.134 e. The Morgan fingerprint density at radius 3 is 2.70 bits per heavy atom. The van der Waals surface area contributed by atoms with E-state index in [1.807, 2.05) is 14.0 Å². The van der Waals surface area contributed by atoms with E-state index in [4.69, 9.17) is 4.42 Å². The lowest BCUT2D eigenvalue weighted by Crippen LogP contribution is -2.17. The van der Waals surface area contributed by atoms with Crippen LogP contribution in [0.1, 0.15) is 27.8 Å². The molecule has 3 aromatic rings. The molecule has 3 rings (SSSR count). The van der Waals surface area contributed by atoms with E-state index in [1.165, 1.54) is 22.6 Å². The minimum absolute atomic E-state index is 0.00506. The van der Waals surface area contributed by atoms with Gasteiger partial charge in [-0.2, -0.15) is 0 Å². The Morgan fingerprint density at radius 1 is 1.25 bits per heavy atom. The van der Waals surface area contributed by atoms with Crippen molar-refractivity contribution in [3.63, 3.8) is 0 Å². The highest BCUT2D eigenvalue weighted by molar-refractivity contribution is 7.10. The normalized spacial score (nSPS) is 13.0. The summed E-state index contributed by atoms with van der Waals surface area (Å²) in [7, 11) is 1.91. The first kappa shape index (κ1) is 13.3. The fourth-order valence-electron chi connectivity index (χ4n) is 2.55. The third-order valence-electron chi connectivity index (χ3n) is 3.65. The van der Waals surface area contributed by atoms with Crippen LogP contribution >= 0.6 is 11.3 Å². The van der Waals surface area contributed by atoms with Crippen LogP contribution in [-0.4, -0.2) is 7.05 Å². The van der Waals surface area contributed by atoms with Gasteiger partial charge >= 0.3 is 0 Å². The van der Waals surface area contributed by atoms with Gasteiger partial charge < -0.3 is 9.73 Å². The zero-order chi connectivity index (χ0) is 14.3. The molecule has 0 spiro atoms. The van der Waals surface area contributed by atoms with Crippen molar-refractivity contribution >= 4 is 22.3 Å². The van der Waals surface area contributed by atoms with Gasteiger partial charge in [-0.3, -0.25) is 0 Å². The molecule has 1 N–H and O–H groups in total. The maximum Gasteiger partial charge on any atom is 0.134 e. The molecule has 1 atom stereocenters. The Hall–Kier alpha value is -1.65. The molecule has 0 saturated heterocycles. The topological polar surface area (TPSA) is 25.2 Å². The van der Waals surface area contributed by atoms with Crippen LogP contribution in [0.3, 0.4) is 0 Å². The second-order valence-corrected chi connectivity index (χ2v) is 5.87. The van der Waals surface area contributed by atoms with E-state index < -0.39 is 0 Å². The fraction of sp³-hybridized carbons (Fsp3) is 0.250. The van der Waals surface area contributed by atoms with E-state index in [2.05, 4.69) is 23.7 Å². The monoisotopic (exact) mass is 289 g/mol. The third-order valence-corrected chi connectivity index (χ3v) is 4.73. The number of furan rings is 1. The van der Waals surface area contributed by atoms with Crippen LogP contribution in [0.25, 0.3) is 11.0 Å². The molecule has 0 saturated carbocycles. The number of benzene rings is 1. The summed E-state index contributed by atoms with van der Waals surface area (Å²) < 4.78 is 19.4. The molecule has 2 nitrogen and oxygen atoms in total. The van der Waals surface area contributed by atoms with Crippen LogP contribution in [-0.2, 0) is 0 Å². The van der Waals surface area contributed by atoms with Crippen molar-refractivity contribution in [1.82, 2.24) is 5.32 Å². The van der Waals surface area contributed by atoms with Crippen LogP contribution in [0, 0.1) is 19.7 Å². The van der Waals surface area contributed by atoms with Gasteiger partial charge in [0.2, 0.25) is 0 Å². The first-order chi connectivity index (χ1) is 9.61. The SMILES string of the molecule is CNC(c1oc2ccc(F)cc2c1C)c1sccc1C. The van der Waals surface area contributed by atoms with Gasteiger partial charge in [-0.1, -0.05) is 0 Å². The first-order valence-corrected chi connectivity index (χ1v) is 7.39. The summed E-state index contributed by atoms with van der Waals surface area (Å²) in [6.45, 7) is 4.07. The maximum atomic E-state index is 13.4. The lowest BCUT2D eigenvalue weighted by molar-refractivity contribution is 0.490. The molecule has 0 bridgehead atoms.